The van der Waals surface area contributed by atoms with Crippen LogP contribution in [0.25, 0.3) is 27.2 Å². The van der Waals surface area contributed by atoms with Gasteiger partial charge in [0.05, 0.1) is 22.4 Å². The van der Waals surface area contributed by atoms with E-state index in [1.54, 1.807) is 13.1 Å². The molecule has 2 aliphatic carbocycles. The van der Waals surface area contributed by atoms with Crippen LogP contribution >= 0.6 is 11.3 Å². The number of aromatic nitrogens is 4. The number of aliphatic carboxylic acids is 1. The Morgan fingerprint density at radius 1 is 1.36 bits per heavy atom. The van der Waals surface area contributed by atoms with Gasteiger partial charge in [0.2, 0.25) is 10.0 Å². The highest BCUT2D eigenvalue weighted by molar-refractivity contribution is 7.89. The van der Waals surface area contributed by atoms with E-state index in [4.69, 9.17) is 0 Å². The summed E-state index contributed by atoms with van der Waals surface area (Å²) in [4.78, 5) is 11.3. The van der Waals surface area contributed by atoms with Crippen molar-refractivity contribution in [3.05, 3.63) is 28.8 Å². The molecule has 2 heterocycles. The van der Waals surface area contributed by atoms with Crippen molar-refractivity contribution in [1.82, 2.24) is 24.7 Å². The fourth-order valence-electron chi connectivity index (χ4n) is 4.35. The third-order valence-electron chi connectivity index (χ3n) is 6.45. The molecule has 0 spiro atoms. The molecule has 14 heteroatoms. The van der Waals surface area contributed by atoms with E-state index in [1.807, 2.05) is 6.07 Å². The Kier molecular flexibility index (Phi) is 5.89. The lowest BCUT2D eigenvalue weighted by atomic mass is 9.86. The number of hydrogen-bond donors (Lipinski definition) is 2. The molecule has 3 aromatic rings. The summed E-state index contributed by atoms with van der Waals surface area (Å²) in [6.45, 7) is 0. The van der Waals surface area contributed by atoms with Crippen LogP contribution in [0.15, 0.2) is 23.1 Å². The van der Waals surface area contributed by atoms with Crippen molar-refractivity contribution >= 4 is 43.8 Å². The Labute approximate surface area is 208 Å². The van der Waals surface area contributed by atoms with Crippen LogP contribution < -0.4 is 4.72 Å². The third kappa shape index (κ3) is 4.27. The van der Waals surface area contributed by atoms with Gasteiger partial charge in [-0.2, -0.15) is 15.1 Å². The van der Waals surface area contributed by atoms with Crippen molar-refractivity contribution in [2.75, 3.05) is 0 Å². The van der Waals surface area contributed by atoms with Crippen LogP contribution in [0, 0.1) is 17.2 Å². The Morgan fingerprint density at radius 2 is 2.11 bits per heavy atom. The van der Waals surface area contributed by atoms with Crippen molar-refractivity contribution in [2.24, 2.45) is 13.0 Å². The van der Waals surface area contributed by atoms with Crippen LogP contribution in [0.5, 0.6) is 0 Å². The SMILES string of the molecule is Cn1nc(-c2nnc(C(F)F)s2)c2cc(S(=O)(=O)NC3(C#N)CC3)cc(C3=CCC(C(=O)O)CC3)c21. The summed E-state index contributed by atoms with van der Waals surface area (Å²) >= 11 is 0.668. The second kappa shape index (κ2) is 8.68. The van der Waals surface area contributed by atoms with E-state index in [0.717, 1.165) is 5.57 Å². The minimum atomic E-state index is -4.13. The molecule has 5 rings (SSSR count). The zero-order valence-corrected chi connectivity index (χ0v) is 20.5. The van der Waals surface area contributed by atoms with Gasteiger partial charge in [-0.05, 0) is 49.8 Å². The largest absolute Gasteiger partial charge is 0.481 e. The van der Waals surface area contributed by atoms with Crippen LogP contribution in [0.2, 0.25) is 0 Å². The van der Waals surface area contributed by atoms with Crippen LogP contribution in [-0.4, -0.2) is 45.0 Å². The molecule has 1 saturated carbocycles. The lowest BCUT2D eigenvalue weighted by Gasteiger charge is -2.20. The highest BCUT2D eigenvalue weighted by Crippen LogP contribution is 2.41. The monoisotopic (exact) mass is 534 g/mol. The van der Waals surface area contributed by atoms with Gasteiger partial charge in [0, 0.05) is 18.0 Å². The molecule has 0 aliphatic heterocycles. The number of nitriles is 1. The minimum Gasteiger partial charge on any atom is -0.481 e. The van der Waals surface area contributed by atoms with Gasteiger partial charge in [-0.15, -0.1) is 10.2 Å². The zero-order chi connectivity index (χ0) is 25.8. The van der Waals surface area contributed by atoms with E-state index in [-0.39, 0.29) is 22.0 Å². The molecule has 0 bridgehead atoms. The number of nitrogens with zero attached hydrogens (tertiary/aromatic N) is 5. The quantitative estimate of drug-likeness (QED) is 0.466. The van der Waals surface area contributed by atoms with E-state index in [0.29, 0.717) is 53.5 Å². The van der Waals surface area contributed by atoms with Gasteiger partial charge in [-0.1, -0.05) is 17.4 Å². The summed E-state index contributed by atoms with van der Waals surface area (Å²) in [5.74, 6) is -1.42. The normalized spacial score (nSPS) is 19.3. The molecule has 0 saturated heterocycles. The van der Waals surface area contributed by atoms with E-state index in [2.05, 4.69) is 20.0 Å². The van der Waals surface area contributed by atoms with Gasteiger partial charge >= 0.3 is 5.97 Å². The summed E-state index contributed by atoms with van der Waals surface area (Å²) in [7, 11) is -2.48. The molecule has 36 heavy (non-hydrogen) atoms. The van der Waals surface area contributed by atoms with Crippen molar-refractivity contribution in [2.45, 2.75) is 49.0 Å². The van der Waals surface area contributed by atoms with E-state index < -0.39 is 38.9 Å². The number of carboxylic acid groups (broad SMARTS) is 1. The van der Waals surface area contributed by atoms with Gasteiger partial charge in [0.1, 0.15) is 11.2 Å². The number of aryl methyl sites for hydroxylation is 1. The topological polar surface area (TPSA) is 151 Å². The number of carbonyl (C=O) groups is 1. The van der Waals surface area contributed by atoms with Gasteiger partial charge in [0.15, 0.2) is 10.0 Å². The van der Waals surface area contributed by atoms with Crippen LogP contribution in [-0.2, 0) is 21.9 Å². The lowest BCUT2D eigenvalue weighted by molar-refractivity contribution is -0.141. The van der Waals surface area contributed by atoms with Gasteiger partial charge in [0.25, 0.3) is 6.43 Å². The fraction of sp³-hybridized carbons (Fsp3) is 0.409. The number of rotatable bonds is 7. The number of nitrogens with one attached hydrogen (secondary N) is 1. The van der Waals surface area contributed by atoms with E-state index in [9.17, 15) is 32.4 Å². The molecule has 0 radical (unpaired) electrons. The first-order valence-electron chi connectivity index (χ1n) is 11.0. The molecule has 1 fully saturated rings. The standard InChI is InChI=1S/C22H20F2N6O4S2/c1-30-17-14(11-2-4-12(5-3-11)21(31)32)8-13(36(33,34)29-22(10-25)6-7-22)9-15(17)16(28-30)19-26-27-20(35-19)18(23)24/h2,8-9,12,18,29H,3-7H2,1H3,(H,31,32). The minimum absolute atomic E-state index is 0.111. The number of fused-ring (bicyclic) bond motifs is 1. The average molecular weight is 535 g/mol. The first-order chi connectivity index (χ1) is 17.0. The number of benzene rings is 1. The predicted octanol–water partition coefficient (Wildman–Crippen LogP) is 3.63. The molecule has 1 aromatic carbocycles. The molecule has 10 nitrogen and oxygen atoms in total. The molecule has 188 valence electrons. The molecule has 2 N–H and O–H groups in total. The first kappa shape index (κ1) is 24.4. The third-order valence-corrected chi connectivity index (χ3v) is 8.91. The number of allylic oxidation sites excluding steroid dienone is 2. The van der Waals surface area contributed by atoms with Gasteiger partial charge < -0.3 is 5.11 Å². The Balaban J connectivity index is 1.70. The summed E-state index contributed by atoms with van der Waals surface area (Å²) in [6, 6.07) is 4.88. The Bertz CT molecular complexity index is 1570. The second-order valence-electron chi connectivity index (χ2n) is 8.92. The van der Waals surface area contributed by atoms with Crippen molar-refractivity contribution in [3.8, 4) is 16.8 Å². The van der Waals surface area contributed by atoms with E-state index >= 15 is 0 Å². The number of sulfonamides is 1. The van der Waals surface area contributed by atoms with Crippen molar-refractivity contribution in [3.63, 3.8) is 0 Å². The maximum Gasteiger partial charge on any atom is 0.306 e. The summed E-state index contributed by atoms with van der Waals surface area (Å²) in [5, 5.41) is 30.6. The molecular weight excluding hydrogens is 514 g/mol. The van der Waals surface area contributed by atoms with Crippen LogP contribution in [0.4, 0.5) is 8.78 Å². The van der Waals surface area contributed by atoms with Gasteiger partial charge in [-0.25, -0.2) is 17.2 Å². The predicted molar refractivity (Wildman–Crippen MR) is 125 cm³/mol. The van der Waals surface area contributed by atoms with Crippen LogP contribution in [0.1, 0.15) is 49.1 Å². The fourth-order valence-corrected chi connectivity index (χ4v) is 6.47. The number of halogens is 2. The number of hydrogen-bond acceptors (Lipinski definition) is 8. The molecule has 2 aliphatic rings. The van der Waals surface area contributed by atoms with Crippen molar-refractivity contribution < 1.29 is 27.1 Å². The smallest absolute Gasteiger partial charge is 0.306 e. The highest BCUT2D eigenvalue weighted by atomic mass is 32.2. The number of alkyl halides is 2. The highest BCUT2D eigenvalue weighted by Gasteiger charge is 2.47. The zero-order valence-electron chi connectivity index (χ0n) is 18.9. The van der Waals surface area contributed by atoms with Crippen LogP contribution in [0.3, 0.4) is 0 Å². The lowest BCUT2D eigenvalue weighted by Crippen LogP contribution is -2.35. The summed E-state index contributed by atoms with van der Waals surface area (Å²) in [5.41, 5.74) is 0.917. The molecule has 1 atom stereocenters. The number of carboxylic acids is 1. The molecule has 2 aromatic heterocycles. The summed E-state index contributed by atoms with van der Waals surface area (Å²) < 4.78 is 56.9. The maximum atomic E-state index is 13.3. The molecule has 1 unspecified atom stereocenters. The van der Waals surface area contributed by atoms with Crippen molar-refractivity contribution in [1.29, 1.82) is 5.26 Å². The Morgan fingerprint density at radius 3 is 2.67 bits per heavy atom. The average Bonchev–Trinajstić information content (AvgIpc) is 3.27. The second-order valence-corrected chi connectivity index (χ2v) is 11.6. The maximum absolute atomic E-state index is 13.3. The Hall–Kier alpha value is -3.28. The van der Waals surface area contributed by atoms with Gasteiger partial charge in [-0.3, -0.25) is 9.48 Å². The first-order valence-corrected chi connectivity index (χ1v) is 13.3. The van der Waals surface area contributed by atoms with E-state index in [1.165, 1.54) is 16.8 Å². The molecular formula is C22H20F2N6O4S2. The summed E-state index contributed by atoms with van der Waals surface area (Å²) in [6.07, 6.45) is 0.853. The molecule has 0 amide bonds.